The van der Waals surface area contributed by atoms with Crippen molar-refractivity contribution in [2.24, 2.45) is 0 Å². The summed E-state index contributed by atoms with van der Waals surface area (Å²) in [6, 6.07) is 7.04. The van der Waals surface area contributed by atoms with Gasteiger partial charge in [-0.2, -0.15) is 10.4 Å². The first-order chi connectivity index (χ1) is 7.60. The second-order valence-corrected chi connectivity index (χ2v) is 4.74. The van der Waals surface area contributed by atoms with Crippen molar-refractivity contribution in [3.05, 3.63) is 44.6 Å². The zero-order valence-electron chi connectivity index (χ0n) is 7.78. The van der Waals surface area contributed by atoms with E-state index in [4.69, 9.17) is 28.5 Å². The molecule has 0 N–H and O–H groups in total. The molecule has 0 unspecified atom stereocenters. The van der Waals surface area contributed by atoms with Gasteiger partial charge in [-0.25, -0.2) is 4.68 Å². The molecule has 0 aliphatic rings. The Morgan fingerprint density at radius 3 is 2.38 bits per heavy atom. The van der Waals surface area contributed by atoms with Crippen LogP contribution in [0.4, 0.5) is 0 Å². The number of halogens is 3. The molecule has 1 aromatic heterocycles. The number of nitrogens with zero attached hydrogens (tertiary/aromatic N) is 3. The maximum absolute atomic E-state index is 8.78. The van der Waals surface area contributed by atoms with E-state index in [0.717, 1.165) is 0 Å². The normalized spacial score (nSPS) is 10.1. The van der Waals surface area contributed by atoms with Gasteiger partial charge in [-0.1, -0.05) is 23.2 Å². The summed E-state index contributed by atoms with van der Waals surface area (Å²) in [5, 5.41) is 13.9. The number of aromatic nitrogens is 2. The molecular formula is C10H4BrCl2N3. The zero-order valence-corrected chi connectivity index (χ0v) is 10.9. The maximum atomic E-state index is 8.78. The van der Waals surface area contributed by atoms with E-state index < -0.39 is 0 Å². The van der Waals surface area contributed by atoms with Crippen LogP contribution >= 0.6 is 39.1 Å². The smallest absolute Gasteiger partial charge is 0.177 e. The largest absolute Gasteiger partial charge is 0.238 e. The van der Waals surface area contributed by atoms with Crippen LogP contribution < -0.4 is 0 Å². The van der Waals surface area contributed by atoms with Crippen molar-refractivity contribution in [2.45, 2.75) is 0 Å². The lowest BCUT2D eigenvalue weighted by Gasteiger charge is -2.02. The van der Waals surface area contributed by atoms with Gasteiger partial charge in [0.25, 0.3) is 0 Å². The van der Waals surface area contributed by atoms with E-state index in [9.17, 15) is 0 Å². The fourth-order valence-electron chi connectivity index (χ4n) is 1.23. The van der Waals surface area contributed by atoms with Gasteiger partial charge in [0.05, 0.1) is 10.2 Å². The van der Waals surface area contributed by atoms with Gasteiger partial charge in [0.1, 0.15) is 6.07 Å². The molecular weight excluding hydrogens is 313 g/mol. The third kappa shape index (κ3) is 2.22. The summed E-state index contributed by atoms with van der Waals surface area (Å²) in [7, 11) is 0. The van der Waals surface area contributed by atoms with Crippen LogP contribution in [0.5, 0.6) is 0 Å². The molecule has 0 bridgehead atoms. The fourth-order valence-corrected chi connectivity index (χ4v) is 2.11. The van der Waals surface area contributed by atoms with Crippen molar-refractivity contribution in [3.8, 4) is 11.8 Å². The lowest BCUT2D eigenvalue weighted by molar-refractivity contribution is 0.873. The Labute approximate surface area is 110 Å². The van der Waals surface area contributed by atoms with Crippen molar-refractivity contribution < 1.29 is 0 Å². The Hall–Kier alpha value is -1.02. The first kappa shape index (κ1) is 11.5. The molecule has 2 rings (SSSR count). The molecule has 2 aromatic rings. The standard InChI is InChI=1S/C10H4BrCl2N3/c11-9-5-16(15-10(9)4-14)8-2-6(12)1-7(13)3-8/h1-3,5H. The lowest BCUT2D eigenvalue weighted by Crippen LogP contribution is -1.94. The molecule has 0 saturated carbocycles. The Morgan fingerprint density at radius 1 is 1.25 bits per heavy atom. The van der Waals surface area contributed by atoms with Crippen LogP contribution in [-0.4, -0.2) is 9.78 Å². The number of benzene rings is 1. The van der Waals surface area contributed by atoms with Crippen molar-refractivity contribution in [1.29, 1.82) is 5.26 Å². The highest BCUT2D eigenvalue weighted by Gasteiger charge is 2.07. The summed E-state index contributed by atoms with van der Waals surface area (Å²) in [6.45, 7) is 0. The zero-order chi connectivity index (χ0) is 11.7. The quantitative estimate of drug-likeness (QED) is 0.802. The van der Waals surface area contributed by atoms with Crippen molar-refractivity contribution >= 4 is 39.1 Å². The third-order valence-electron chi connectivity index (χ3n) is 1.89. The minimum atomic E-state index is 0.316. The highest BCUT2D eigenvalue weighted by atomic mass is 79.9. The van der Waals surface area contributed by atoms with Crippen molar-refractivity contribution in [3.63, 3.8) is 0 Å². The van der Waals surface area contributed by atoms with Gasteiger partial charge in [-0.05, 0) is 34.1 Å². The van der Waals surface area contributed by atoms with Crippen LogP contribution in [0, 0.1) is 11.3 Å². The van der Waals surface area contributed by atoms with Crippen LogP contribution in [0.3, 0.4) is 0 Å². The van der Waals surface area contributed by atoms with Crippen LogP contribution in [0.1, 0.15) is 5.69 Å². The van der Waals surface area contributed by atoms with E-state index in [2.05, 4.69) is 21.0 Å². The number of rotatable bonds is 1. The molecule has 0 atom stereocenters. The van der Waals surface area contributed by atoms with Gasteiger partial charge in [0, 0.05) is 16.2 Å². The molecule has 0 radical (unpaired) electrons. The third-order valence-corrected chi connectivity index (χ3v) is 2.90. The molecule has 1 aromatic carbocycles. The van der Waals surface area contributed by atoms with Crippen molar-refractivity contribution in [2.75, 3.05) is 0 Å². The lowest BCUT2D eigenvalue weighted by atomic mass is 10.3. The number of hydrogen-bond acceptors (Lipinski definition) is 2. The predicted molar refractivity (Wildman–Crippen MR) is 66.0 cm³/mol. The Kier molecular flexibility index (Phi) is 3.20. The van der Waals surface area contributed by atoms with E-state index in [0.29, 0.717) is 25.9 Å². The van der Waals surface area contributed by atoms with E-state index in [1.54, 1.807) is 29.1 Å². The van der Waals surface area contributed by atoms with Gasteiger partial charge < -0.3 is 0 Å². The average molecular weight is 317 g/mol. The SMILES string of the molecule is N#Cc1nn(-c2cc(Cl)cc(Cl)c2)cc1Br. The van der Waals surface area contributed by atoms with Crippen LogP contribution in [0.15, 0.2) is 28.9 Å². The Morgan fingerprint density at radius 2 is 1.88 bits per heavy atom. The topological polar surface area (TPSA) is 41.6 Å². The van der Waals surface area contributed by atoms with E-state index in [-0.39, 0.29) is 0 Å². The molecule has 0 amide bonds. The number of hydrogen-bond donors (Lipinski definition) is 0. The predicted octanol–water partition coefficient (Wildman–Crippen LogP) is 3.81. The summed E-state index contributed by atoms with van der Waals surface area (Å²) in [5.74, 6) is 0. The summed E-state index contributed by atoms with van der Waals surface area (Å²) in [6.07, 6.45) is 1.68. The average Bonchev–Trinajstić information content (AvgIpc) is 2.58. The summed E-state index contributed by atoms with van der Waals surface area (Å²) in [4.78, 5) is 0. The van der Waals surface area contributed by atoms with Crippen LogP contribution in [-0.2, 0) is 0 Å². The molecule has 0 aliphatic heterocycles. The van der Waals surface area contributed by atoms with Gasteiger partial charge in [0.2, 0.25) is 0 Å². The minimum absolute atomic E-state index is 0.316. The molecule has 6 heteroatoms. The molecule has 80 valence electrons. The van der Waals surface area contributed by atoms with Crippen molar-refractivity contribution in [1.82, 2.24) is 9.78 Å². The number of nitriles is 1. The van der Waals surface area contributed by atoms with Gasteiger partial charge in [0.15, 0.2) is 5.69 Å². The molecule has 0 spiro atoms. The molecule has 0 saturated heterocycles. The highest BCUT2D eigenvalue weighted by Crippen LogP contribution is 2.23. The minimum Gasteiger partial charge on any atom is -0.238 e. The molecule has 0 aliphatic carbocycles. The van der Waals surface area contributed by atoms with Gasteiger partial charge >= 0.3 is 0 Å². The second-order valence-electron chi connectivity index (χ2n) is 3.01. The van der Waals surface area contributed by atoms with Gasteiger partial charge in [-0.15, -0.1) is 0 Å². The summed E-state index contributed by atoms with van der Waals surface area (Å²) in [5.41, 5.74) is 1.02. The maximum Gasteiger partial charge on any atom is 0.177 e. The first-order valence-electron chi connectivity index (χ1n) is 4.22. The van der Waals surface area contributed by atoms with E-state index in [1.165, 1.54) is 0 Å². The van der Waals surface area contributed by atoms with E-state index in [1.807, 2.05) is 6.07 Å². The van der Waals surface area contributed by atoms with E-state index >= 15 is 0 Å². The molecule has 1 heterocycles. The second kappa shape index (κ2) is 4.46. The monoisotopic (exact) mass is 315 g/mol. The van der Waals surface area contributed by atoms with Crippen LogP contribution in [0.25, 0.3) is 5.69 Å². The Bertz CT molecular complexity index is 566. The molecule has 16 heavy (non-hydrogen) atoms. The Balaban J connectivity index is 2.55. The first-order valence-corrected chi connectivity index (χ1v) is 5.77. The highest BCUT2D eigenvalue weighted by molar-refractivity contribution is 9.10. The van der Waals surface area contributed by atoms with Crippen LogP contribution in [0.2, 0.25) is 10.0 Å². The summed E-state index contributed by atoms with van der Waals surface area (Å²) >= 11 is 15.0. The summed E-state index contributed by atoms with van der Waals surface area (Å²) < 4.78 is 2.17. The fraction of sp³-hybridized carbons (Fsp3) is 0. The molecule has 3 nitrogen and oxygen atoms in total. The molecule has 0 fully saturated rings. The van der Waals surface area contributed by atoms with Gasteiger partial charge in [-0.3, -0.25) is 0 Å².